The molecule has 100 valence electrons. The molecule has 7 nitrogen and oxygen atoms in total. The van der Waals surface area contributed by atoms with Crippen molar-refractivity contribution in [2.75, 3.05) is 6.54 Å². The molecule has 2 heterocycles. The molecule has 1 aliphatic heterocycles. The van der Waals surface area contributed by atoms with Gasteiger partial charge in [0.05, 0.1) is 6.33 Å². The minimum absolute atomic E-state index is 0.0577. The van der Waals surface area contributed by atoms with Crippen LogP contribution < -0.4 is 10.0 Å². The monoisotopic (exact) mass is 292 g/mol. The summed E-state index contributed by atoms with van der Waals surface area (Å²) in [5.41, 5.74) is 0. The number of nitrogens with zero attached hydrogens (tertiary/aromatic N) is 2. The summed E-state index contributed by atoms with van der Waals surface area (Å²) in [6.07, 6.45) is 2.11. The molecule has 2 rings (SSSR count). The molecule has 18 heavy (non-hydrogen) atoms. The largest absolute Gasteiger partial charge is 0.355 e. The van der Waals surface area contributed by atoms with Crippen LogP contribution in [0.25, 0.3) is 0 Å². The van der Waals surface area contributed by atoms with Gasteiger partial charge in [-0.2, -0.15) is 0 Å². The SMILES string of the molecule is Cn1cnc(S(=O)(=O)NC2CCC(=O)NC2)c1Cl. The minimum atomic E-state index is -3.75. The van der Waals surface area contributed by atoms with Gasteiger partial charge in [-0.25, -0.2) is 18.1 Å². The Bertz CT molecular complexity index is 558. The zero-order valence-corrected chi connectivity index (χ0v) is 11.3. The highest BCUT2D eigenvalue weighted by atomic mass is 35.5. The van der Waals surface area contributed by atoms with Crippen LogP contribution in [0.5, 0.6) is 0 Å². The quantitative estimate of drug-likeness (QED) is 0.795. The second-order valence-electron chi connectivity index (χ2n) is 4.11. The van der Waals surface area contributed by atoms with Gasteiger partial charge in [-0.1, -0.05) is 11.6 Å². The van der Waals surface area contributed by atoms with Crippen molar-refractivity contribution in [2.24, 2.45) is 7.05 Å². The number of carbonyl (C=O) groups excluding carboxylic acids is 1. The van der Waals surface area contributed by atoms with Crippen LogP contribution in [-0.4, -0.2) is 36.5 Å². The van der Waals surface area contributed by atoms with E-state index in [0.717, 1.165) is 0 Å². The fourth-order valence-corrected chi connectivity index (χ4v) is 3.38. The molecule has 0 spiro atoms. The second kappa shape index (κ2) is 4.87. The first-order valence-corrected chi connectivity index (χ1v) is 7.22. The lowest BCUT2D eigenvalue weighted by molar-refractivity contribution is -0.122. The van der Waals surface area contributed by atoms with Gasteiger partial charge < -0.3 is 9.88 Å². The maximum absolute atomic E-state index is 12.0. The number of amides is 1. The van der Waals surface area contributed by atoms with E-state index in [2.05, 4.69) is 15.0 Å². The Morgan fingerprint density at radius 1 is 1.61 bits per heavy atom. The number of hydrogen-bond acceptors (Lipinski definition) is 4. The fraction of sp³-hybridized carbons (Fsp3) is 0.556. The lowest BCUT2D eigenvalue weighted by Gasteiger charge is -2.22. The fourth-order valence-electron chi connectivity index (χ4n) is 1.68. The van der Waals surface area contributed by atoms with Crippen molar-refractivity contribution in [1.82, 2.24) is 19.6 Å². The predicted molar refractivity (Wildman–Crippen MR) is 64.6 cm³/mol. The molecule has 9 heteroatoms. The van der Waals surface area contributed by atoms with Gasteiger partial charge in [0, 0.05) is 26.1 Å². The molecule has 1 unspecified atom stereocenters. The molecular formula is C9H13ClN4O3S. The number of hydrogen-bond donors (Lipinski definition) is 2. The molecule has 0 radical (unpaired) electrons. The van der Waals surface area contributed by atoms with Gasteiger partial charge in [0.2, 0.25) is 10.9 Å². The van der Waals surface area contributed by atoms with Crippen molar-refractivity contribution in [3.05, 3.63) is 11.5 Å². The number of aromatic nitrogens is 2. The molecule has 0 bridgehead atoms. The van der Waals surface area contributed by atoms with Gasteiger partial charge in [-0.15, -0.1) is 0 Å². The topological polar surface area (TPSA) is 93.1 Å². The van der Waals surface area contributed by atoms with E-state index in [4.69, 9.17) is 11.6 Å². The summed E-state index contributed by atoms with van der Waals surface area (Å²) in [5.74, 6) is -0.0682. The van der Waals surface area contributed by atoms with Crippen LogP contribution in [0.1, 0.15) is 12.8 Å². The van der Waals surface area contributed by atoms with Crippen LogP contribution in [0.2, 0.25) is 5.15 Å². The van der Waals surface area contributed by atoms with E-state index in [9.17, 15) is 13.2 Å². The molecule has 2 N–H and O–H groups in total. The van der Waals surface area contributed by atoms with Crippen LogP contribution in [0.4, 0.5) is 0 Å². The van der Waals surface area contributed by atoms with Crippen LogP contribution in [-0.2, 0) is 21.9 Å². The number of sulfonamides is 1. The first-order chi connectivity index (χ1) is 8.40. The molecule has 1 aromatic heterocycles. The second-order valence-corrected chi connectivity index (χ2v) is 6.10. The Labute approximate surface area is 110 Å². The summed E-state index contributed by atoms with van der Waals surface area (Å²) >= 11 is 5.85. The molecule has 0 saturated carbocycles. The third kappa shape index (κ3) is 2.65. The van der Waals surface area contributed by atoms with Crippen molar-refractivity contribution in [3.8, 4) is 0 Å². The normalized spacial score (nSPS) is 20.8. The highest BCUT2D eigenvalue weighted by Crippen LogP contribution is 2.19. The van der Waals surface area contributed by atoms with E-state index in [1.165, 1.54) is 10.9 Å². The molecule has 1 amide bonds. The standard InChI is InChI=1S/C9H13ClN4O3S/c1-14-5-12-9(8(14)10)18(16,17)13-6-2-3-7(15)11-4-6/h5-6,13H,2-4H2,1H3,(H,11,15). The Morgan fingerprint density at radius 2 is 2.33 bits per heavy atom. The summed E-state index contributed by atoms with van der Waals surface area (Å²) in [7, 11) is -2.15. The summed E-state index contributed by atoms with van der Waals surface area (Å²) in [6.45, 7) is 0.280. The number of rotatable bonds is 3. The first-order valence-electron chi connectivity index (χ1n) is 5.36. The lowest BCUT2D eigenvalue weighted by Crippen LogP contribution is -2.47. The van der Waals surface area contributed by atoms with E-state index in [-0.39, 0.29) is 28.7 Å². The summed E-state index contributed by atoms with van der Waals surface area (Å²) in [4.78, 5) is 14.7. The molecular weight excluding hydrogens is 280 g/mol. The van der Waals surface area contributed by atoms with Crippen molar-refractivity contribution >= 4 is 27.5 Å². The summed E-state index contributed by atoms with van der Waals surface area (Å²) in [5, 5.41) is 2.47. The van der Waals surface area contributed by atoms with Gasteiger partial charge in [-0.3, -0.25) is 4.79 Å². The van der Waals surface area contributed by atoms with Gasteiger partial charge in [0.25, 0.3) is 10.0 Å². The third-order valence-electron chi connectivity index (χ3n) is 2.68. The average molecular weight is 293 g/mol. The van der Waals surface area contributed by atoms with Crippen LogP contribution in [0, 0.1) is 0 Å². The number of piperidine rings is 1. The highest BCUT2D eigenvalue weighted by molar-refractivity contribution is 7.89. The Kier molecular flexibility index (Phi) is 3.60. The molecule has 1 aromatic rings. The zero-order valence-electron chi connectivity index (χ0n) is 9.68. The molecule has 0 aliphatic carbocycles. The van der Waals surface area contributed by atoms with Gasteiger partial charge in [0.15, 0.2) is 0 Å². The Balaban J connectivity index is 2.13. The molecule has 1 atom stereocenters. The van der Waals surface area contributed by atoms with Crippen LogP contribution >= 0.6 is 11.6 Å². The van der Waals surface area contributed by atoms with Crippen molar-refractivity contribution < 1.29 is 13.2 Å². The van der Waals surface area contributed by atoms with E-state index in [1.807, 2.05) is 0 Å². The van der Waals surface area contributed by atoms with Crippen LogP contribution in [0.3, 0.4) is 0 Å². The maximum atomic E-state index is 12.0. The number of carbonyl (C=O) groups is 1. The predicted octanol–water partition coefficient (Wildman–Crippen LogP) is -0.370. The Hall–Kier alpha value is -1.12. The van der Waals surface area contributed by atoms with Gasteiger partial charge in [-0.05, 0) is 6.42 Å². The van der Waals surface area contributed by atoms with E-state index >= 15 is 0 Å². The smallest absolute Gasteiger partial charge is 0.261 e. The van der Waals surface area contributed by atoms with Crippen molar-refractivity contribution in [3.63, 3.8) is 0 Å². The number of nitrogens with one attached hydrogen (secondary N) is 2. The molecule has 1 aliphatic rings. The van der Waals surface area contributed by atoms with Crippen LogP contribution in [0.15, 0.2) is 11.4 Å². The average Bonchev–Trinajstić information content (AvgIpc) is 2.63. The summed E-state index contributed by atoms with van der Waals surface area (Å²) < 4.78 is 28.0. The molecule has 1 saturated heterocycles. The van der Waals surface area contributed by atoms with Gasteiger partial charge >= 0.3 is 0 Å². The molecule has 1 fully saturated rings. The Morgan fingerprint density at radius 3 is 2.83 bits per heavy atom. The minimum Gasteiger partial charge on any atom is -0.355 e. The lowest BCUT2D eigenvalue weighted by atomic mass is 10.1. The first kappa shape index (κ1) is 13.3. The number of aryl methyl sites for hydroxylation is 1. The van der Waals surface area contributed by atoms with Crippen molar-refractivity contribution in [1.29, 1.82) is 0 Å². The number of halogens is 1. The summed E-state index contributed by atoms with van der Waals surface area (Å²) in [6, 6.07) is -0.328. The van der Waals surface area contributed by atoms with Crippen molar-refractivity contribution in [2.45, 2.75) is 23.9 Å². The maximum Gasteiger partial charge on any atom is 0.261 e. The third-order valence-corrected chi connectivity index (χ3v) is 4.69. The van der Waals surface area contributed by atoms with E-state index < -0.39 is 10.0 Å². The highest BCUT2D eigenvalue weighted by Gasteiger charge is 2.27. The molecule has 0 aromatic carbocycles. The van der Waals surface area contributed by atoms with E-state index in [1.54, 1.807) is 7.05 Å². The zero-order chi connectivity index (χ0) is 13.3. The van der Waals surface area contributed by atoms with Gasteiger partial charge in [0.1, 0.15) is 5.15 Å². The number of imidazole rings is 1. The van der Waals surface area contributed by atoms with E-state index in [0.29, 0.717) is 12.8 Å².